The van der Waals surface area contributed by atoms with E-state index in [1.165, 1.54) is 11.8 Å². The summed E-state index contributed by atoms with van der Waals surface area (Å²) in [6.45, 7) is 0. The molecule has 0 heterocycles. The molecule has 2 aromatic carbocycles. The predicted octanol–water partition coefficient (Wildman–Crippen LogP) is 5.06. The molecule has 0 bridgehead atoms. The largest absolute Gasteiger partial charge is 0.478 e. The molecule has 2 nitrogen and oxygen atoms in total. The highest BCUT2D eigenvalue weighted by Gasteiger charge is 2.12. The Hall–Kier alpha value is -0.780. The molecule has 1 N–H and O–H groups in total. The first kappa shape index (κ1) is 13.6. The van der Waals surface area contributed by atoms with Crippen LogP contribution in [0.1, 0.15) is 10.4 Å². The third kappa shape index (κ3) is 3.16. The maximum Gasteiger partial charge on any atom is 0.336 e. The number of hydrogen-bond acceptors (Lipinski definition) is 2. The van der Waals surface area contributed by atoms with Crippen molar-refractivity contribution in [2.75, 3.05) is 0 Å². The highest BCUT2D eigenvalue weighted by atomic mass is 79.9. The van der Waals surface area contributed by atoms with E-state index in [1.54, 1.807) is 12.1 Å². The quantitative estimate of drug-likeness (QED) is 0.799. The predicted molar refractivity (Wildman–Crippen MR) is 79.4 cm³/mol. The van der Waals surface area contributed by atoms with E-state index in [4.69, 9.17) is 0 Å². The number of aromatic carboxylic acids is 1. The summed E-state index contributed by atoms with van der Waals surface area (Å²) in [6, 6.07) is 13.0. The fourth-order valence-electron chi connectivity index (χ4n) is 1.40. The maximum absolute atomic E-state index is 11.2. The molecule has 0 saturated carbocycles. The van der Waals surface area contributed by atoms with Crippen LogP contribution in [-0.4, -0.2) is 11.1 Å². The van der Waals surface area contributed by atoms with Crippen LogP contribution in [0.4, 0.5) is 0 Å². The summed E-state index contributed by atoms with van der Waals surface area (Å²) in [7, 11) is 0. The van der Waals surface area contributed by atoms with Crippen LogP contribution in [0.2, 0.25) is 0 Å². The second kappa shape index (κ2) is 5.91. The van der Waals surface area contributed by atoms with Crippen LogP contribution in [0.15, 0.2) is 61.2 Å². The van der Waals surface area contributed by atoms with Crippen LogP contribution in [-0.2, 0) is 0 Å². The number of benzene rings is 2. The lowest BCUT2D eigenvalue weighted by molar-refractivity contribution is 0.0693. The first-order chi connectivity index (χ1) is 8.58. The van der Waals surface area contributed by atoms with Gasteiger partial charge in [0.15, 0.2) is 0 Å². The number of carboxylic acid groups (broad SMARTS) is 1. The van der Waals surface area contributed by atoms with Gasteiger partial charge in [-0.05, 0) is 46.3 Å². The van der Waals surface area contributed by atoms with E-state index in [1.807, 2.05) is 30.3 Å². The molecule has 2 rings (SSSR count). The fourth-order valence-corrected chi connectivity index (χ4v) is 3.23. The van der Waals surface area contributed by atoms with E-state index >= 15 is 0 Å². The molecule has 0 spiro atoms. The molecule has 0 fully saturated rings. The van der Waals surface area contributed by atoms with Gasteiger partial charge in [0.2, 0.25) is 0 Å². The summed E-state index contributed by atoms with van der Waals surface area (Å²) in [6.07, 6.45) is 0. The third-order valence-corrected chi connectivity index (χ3v) is 4.83. The Bertz CT molecular complexity index is 599. The molecule has 0 aliphatic rings. The van der Waals surface area contributed by atoms with Crippen molar-refractivity contribution in [1.29, 1.82) is 0 Å². The zero-order valence-corrected chi connectivity index (χ0v) is 13.0. The number of halogens is 2. The highest BCUT2D eigenvalue weighted by Crippen LogP contribution is 2.36. The number of carbonyl (C=O) groups is 1. The lowest BCUT2D eigenvalue weighted by atomic mass is 10.2. The summed E-state index contributed by atoms with van der Waals surface area (Å²) in [5.41, 5.74) is 0.296. The van der Waals surface area contributed by atoms with Gasteiger partial charge in [0.25, 0.3) is 0 Å². The van der Waals surface area contributed by atoms with E-state index in [2.05, 4.69) is 31.9 Å². The monoisotopic (exact) mass is 386 g/mol. The van der Waals surface area contributed by atoms with Gasteiger partial charge in [0.1, 0.15) is 0 Å². The van der Waals surface area contributed by atoms with Crippen LogP contribution in [0, 0.1) is 0 Å². The van der Waals surface area contributed by atoms with Gasteiger partial charge < -0.3 is 5.11 Å². The second-order valence-corrected chi connectivity index (χ2v) is 6.33. The SMILES string of the molecule is O=C(O)c1cc(Br)ccc1Sc1ccccc1Br. The topological polar surface area (TPSA) is 37.3 Å². The third-order valence-electron chi connectivity index (χ3n) is 2.23. The fraction of sp³-hybridized carbons (Fsp3) is 0. The Balaban J connectivity index is 2.41. The van der Waals surface area contributed by atoms with Gasteiger partial charge in [0, 0.05) is 18.7 Å². The Labute approximate surface area is 126 Å². The molecule has 0 saturated heterocycles. The molecule has 0 aliphatic carbocycles. The van der Waals surface area contributed by atoms with E-state index in [0.717, 1.165) is 18.7 Å². The van der Waals surface area contributed by atoms with Crippen molar-refractivity contribution in [1.82, 2.24) is 0 Å². The van der Waals surface area contributed by atoms with E-state index in [9.17, 15) is 9.90 Å². The lowest BCUT2D eigenvalue weighted by Crippen LogP contribution is -1.98. The van der Waals surface area contributed by atoms with Gasteiger partial charge in [-0.3, -0.25) is 0 Å². The van der Waals surface area contributed by atoms with Crippen molar-refractivity contribution in [2.24, 2.45) is 0 Å². The lowest BCUT2D eigenvalue weighted by Gasteiger charge is -2.07. The average Bonchev–Trinajstić information content (AvgIpc) is 2.34. The minimum atomic E-state index is -0.925. The van der Waals surface area contributed by atoms with E-state index in [-0.39, 0.29) is 0 Å². The second-order valence-electron chi connectivity index (χ2n) is 3.48. The van der Waals surface area contributed by atoms with Crippen molar-refractivity contribution in [3.8, 4) is 0 Å². The van der Waals surface area contributed by atoms with Crippen molar-refractivity contribution < 1.29 is 9.90 Å². The summed E-state index contributed by atoms with van der Waals surface area (Å²) < 4.78 is 1.71. The first-order valence-corrected chi connectivity index (χ1v) is 7.43. The molecular formula is C13H8Br2O2S. The zero-order chi connectivity index (χ0) is 13.1. The van der Waals surface area contributed by atoms with Crippen LogP contribution in [0.25, 0.3) is 0 Å². The molecule has 0 radical (unpaired) electrons. The van der Waals surface area contributed by atoms with Gasteiger partial charge in [-0.15, -0.1) is 0 Å². The van der Waals surface area contributed by atoms with Crippen LogP contribution in [0.5, 0.6) is 0 Å². The zero-order valence-electron chi connectivity index (χ0n) is 9.06. The number of rotatable bonds is 3. The number of carboxylic acids is 1. The van der Waals surface area contributed by atoms with Crippen molar-refractivity contribution in [3.63, 3.8) is 0 Å². The van der Waals surface area contributed by atoms with Gasteiger partial charge >= 0.3 is 5.97 Å². The van der Waals surface area contributed by atoms with Crippen LogP contribution in [0.3, 0.4) is 0 Å². The van der Waals surface area contributed by atoms with Gasteiger partial charge in [0.05, 0.1) is 5.56 Å². The Morgan fingerprint density at radius 3 is 2.44 bits per heavy atom. The van der Waals surface area contributed by atoms with Crippen molar-refractivity contribution in [3.05, 3.63) is 57.0 Å². The molecule has 0 aromatic heterocycles. The Morgan fingerprint density at radius 2 is 1.78 bits per heavy atom. The average molecular weight is 388 g/mol. The minimum Gasteiger partial charge on any atom is -0.478 e. The highest BCUT2D eigenvalue weighted by molar-refractivity contribution is 9.10. The molecule has 0 amide bonds. The molecular weight excluding hydrogens is 380 g/mol. The van der Waals surface area contributed by atoms with Gasteiger partial charge in [-0.1, -0.05) is 39.8 Å². The van der Waals surface area contributed by atoms with Crippen LogP contribution >= 0.6 is 43.6 Å². The van der Waals surface area contributed by atoms with E-state index < -0.39 is 5.97 Å². The molecule has 18 heavy (non-hydrogen) atoms. The molecule has 0 unspecified atom stereocenters. The minimum absolute atomic E-state index is 0.296. The first-order valence-electron chi connectivity index (χ1n) is 5.03. The smallest absolute Gasteiger partial charge is 0.336 e. The Morgan fingerprint density at radius 1 is 1.06 bits per heavy atom. The molecule has 2 aromatic rings. The summed E-state index contributed by atoms with van der Waals surface area (Å²) in [5.74, 6) is -0.925. The van der Waals surface area contributed by atoms with Crippen molar-refractivity contribution in [2.45, 2.75) is 9.79 Å². The summed E-state index contributed by atoms with van der Waals surface area (Å²) in [5, 5.41) is 9.19. The van der Waals surface area contributed by atoms with E-state index in [0.29, 0.717) is 5.56 Å². The van der Waals surface area contributed by atoms with Crippen LogP contribution < -0.4 is 0 Å². The summed E-state index contributed by atoms with van der Waals surface area (Å²) in [4.78, 5) is 12.9. The molecule has 0 aliphatic heterocycles. The maximum atomic E-state index is 11.2. The number of hydrogen-bond donors (Lipinski definition) is 1. The van der Waals surface area contributed by atoms with Crippen molar-refractivity contribution >= 4 is 49.6 Å². The molecule has 5 heteroatoms. The normalized spacial score (nSPS) is 10.3. The molecule has 0 atom stereocenters. The van der Waals surface area contributed by atoms with Gasteiger partial charge in [-0.25, -0.2) is 4.79 Å². The van der Waals surface area contributed by atoms with Gasteiger partial charge in [-0.2, -0.15) is 0 Å². The summed E-state index contributed by atoms with van der Waals surface area (Å²) >= 11 is 8.16. The molecule has 92 valence electrons. The standard InChI is InChI=1S/C13H8Br2O2S/c14-8-5-6-11(9(7-8)13(16)17)18-12-4-2-1-3-10(12)15/h1-7H,(H,16,17). The Kier molecular flexibility index (Phi) is 4.48.